The average molecular weight is 386 g/mol. The highest BCUT2D eigenvalue weighted by Gasteiger charge is 2.50. The molecule has 0 radical (unpaired) electrons. The van der Waals surface area contributed by atoms with Crippen LogP contribution in [0.15, 0.2) is 24.5 Å². The van der Waals surface area contributed by atoms with Crippen LogP contribution in [-0.4, -0.2) is 45.3 Å². The van der Waals surface area contributed by atoms with Crippen LogP contribution in [-0.2, 0) is 23.3 Å². The molecule has 5 nitrogen and oxygen atoms in total. The molecule has 0 bridgehead atoms. The van der Waals surface area contributed by atoms with Crippen LogP contribution in [0.3, 0.4) is 0 Å². The Kier molecular flexibility index (Phi) is 4.23. The average Bonchev–Trinajstić information content (AvgIpc) is 3.44. The SMILES string of the molecule is O=C(C1CC1)N1CCc2[nH]cnc2C12CCN(Cc1cccc(F)c1F)CC2. The molecule has 2 fully saturated rings. The van der Waals surface area contributed by atoms with Crippen molar-refractivity contribution in [1.82, 2.24) is 19.8 Å². The highest BCUT2D eigenvalue weighted by molar-refractivity contribution is 5.82. The van der Waals surface area contributed by atoms with Crippen molar-refractivity contribution < 1.29 is 13.6 Å². The summed E-state index contributed by atoms with van der Waals surface area (Å²) in [6.45, 7) is 2.54. The maximum atomic E-state index is 14.1. The van der Waals surface area contributed by atoms with E-state index >= 15 is 0 Å². The van der Waals surface area contributed by atoms with E-state index in [9.17, 15) is 13.6 Å². The topological polar surface area (TPSA) is 52.2 Å². The van der Waals surface area contributed by atoms with Crippen LogP contribution in [0, 0.1) is 17.6 Å². The zero-order valence-electron chi connectivity index (χ0n) is 15.8. The van der Waals surface area contributed by atoms with Gasteiger partial charge in [0.1, 0.15) is 0 Å². The Morgan fingerprint density at radius 2 is 2.00 bits per heavy atom. The fourth-order valence-corrected chi connectivity index (χ4v) is 4.85. The molecule has 1 amide bonds. The van der Waals surface area contributed by atoms with Gasteiger partial charge in [-0.15, -0.1) is 0 Å². The molecule has 1 aromatic carbocycles. The summed E-state index contributed by atoms with van der Waals surface area (Å²) in [5.41, 5.74) is 2.14. The third-order valence-corrected chi connectivity index (χ3v) is 6.56. The summed E-state index contributed by atoms with van der Waals surface area (Å²) in [5.74, 6) is -1.13. The molecule has 1 aromatic heterocycles. The second-order valence-corrected chi connectivity index (χ2v) is 8.26. The number of fused-ring (bicyclic) bond motifs is 2. The fraction of sp³-hybridized carbons (Fsp3) is 0.524. The Labute approximate surface area is 162 Å². The number of nitrogens with one attached hydrogen (secondary N) is 1. The van der Waals surface area contributed by atoms with E-state index < -0.39 is 11.6 Å². The molecule has 1 aliphatic carbocycles. The number of amides is 1. The predicted molar refractivity (Wildman–Crippen MR) is 99.3 cm³/mol. The summed E-state index contributed by atoms with van der Waals surface area (Å²) < 4.78 is 27.6. The van der Waals surface area contributed by atoms with Crippen LogP contribution < -0.4 is 0 Å². The van der Waals surface area contributed by atoms with Crippen molar-refractivity contribution in [1.29, 1.82) is 0 Å². The first kappa shape index (κ1) is 17.8. The van der Waals surface area contributed by atoms with Crippen molar-refractivity contribution in [3.63, 3.8) is 0 Å². The van der Waals surface area contributed by atoms with E-state index in [1.165, 1.54) is 0 Å². The summed E-state index contributed by atoms with van der Waals surface area (Å²) in [4.78, 5) is 25.1. The highest BCUT2D eigenvalue weighted by atomic mass is 19.2. The van der Waals surface area contributed by atoms with Gasteiger partial charge in [-0.3, -0.25) is 9.69 Å². The van der Waals surface area contributed by atoms with E-state index in [0.29, 0.717) is 12.1 Å². The molecule has 5 rings (SSSR count). The van der Waals surface area contributed by atoms with Crippen molar-refractivity contribution in [3.05, 3.63) is 53.1 Å². The largest absolute Gasteiger partial charge is 0.348 e. The summed E-state index contributed by atoms with van der Waals surface area (Å²) >= 11 is 0. The van der Waals surface area contributed by atoms with Gasteiger partial charge in [-0.2, -0.15) is 0 Å². The van der Waals surface area contributed by atoms with Gasteiger partial charge in [0, 0.05) is 49.8 Å². The van der Waals surface area contributed by atoms with E-state index in [1.54, 1.807) is 18.5 Å². The number of hydrogen-bond donors (Lipinski definition) is 1. The van der Waals surface area contributed by atoms with Gasteiger partial charge in [0.05, 0.1) is 17.6 Å². The number of benzene rings is 1. The van der Waals surface area contributed by atoms with Crippen molar-refractivity contribution >= 4 is 5.91 Å². The third kappa shape index (κ3) is 2.83. The molecule has 28 heavy (non-hydrogen) atoms. The quantitative estimate of drug-likeness (QED) is 0.882. The van der Waals surface area contributed by atoms with E-state index in [1.807, 2.05) is 0 Å². The number of likely N-dealkylation sites (tertiary alicyclic amines) is 1. The minimum atomic E-state index is -0.805. The fourth-order valence-electron chi connectivity index (χ4n) is 4.85. The second-order valence-electron chi connectivity index (χ2n) is 8.26. The summed E-state index contributed by atoms with van der Waals surface area (Å²) in [6, 6.07) is 4.33. The van der Waals surface area contributed by atoms with Gasteiger partial charge in [0.15, 0.2) is 11.6 Å². The molecular formula is C21H24F2N4O. The van der Waals surface area contributed by atoms with Gasteiger partial charge >= 0.3 is 0 Å². The summed E-state index contributed by atoms with van der Waals surface area (Å²) in [5, 5.41) is 0. The number of hydrogen-bond acceptors (Lipinski definition) is 3. The number of nitrogens with zero attached hydrogens (tertiary/aromatic N) is 3. The van der Waals surface area contributed by atoms with Crippen LogP contribution in [0.5, 0.6) is 0 Å². The molecule has 1 spiro atoms. The van der Waals surface area contributed by atoms with E-state index in [-0.39, 0.29) is 17.4 Å². The molecule has 0 atom stereocenters. The first-order chi connectivity index (χ1) is 13.6. The number of aromatic amines is 1. The van der Waals surface area contributed by atoms with Gasteiger partial charge in [-0.25, -0.2) is 13.8 Å². The molecule has 1 saturated heterocycles. The molecule has 148 valence electrons. The summed E-state index contributed by atoms with van der Waals surface area (Å²) in [6.07, 6.45) is 6.05. The minimum absolute atomic E-state index is 0.178. The summed E-state index contributed by atoms with van der Waals surface area (Å²) in [7, 11) is 0. The predicted octanol–water partition coefficient (Wildman–Crippen LogP) is 2.97. The Hall–Kier alpha value is -2.28. The van der Waals surface area contributed by atoms with Crippen molar-refractivity contribution in [2.24, 2.45) is 5.92 Å². The molecule has 1 saturated carbocycles. The maximum Gasteiger partial charge on any atom is 0.226 e. The Bertz CT molecular complexity index is 900. The van der Waals surface area contributed by atoms with Gasteiger partial charge in [-0.05, 0) is 31.7 Å². The van der Waals surface area contributed by atoms with Crippen LogP contribution in [0.2, 0.25) is 0 Å². The molecule has 7 heteroatoms. The zero-order chi connectivity index (χ0) is 19.3. The van der Waals surface area contributed by atoms with Crippen molar-refractivity contribution in [2.45, 2.75) is 44.2 Å². The molecule has 1 N–H and O–H groups in total. The van der Waals surface area contributed by atoms with E-state index in [2.05, 4.69) is 19.8 Å². The lowest BCUT2D eigenvalue weighted by Crippen LogP contribution is -2.58. The lowest BCUT2D eigenvalue weighted by molar-refractivity contribution is -0.143. The Balaban J connectivity index is 1.38. The number of halogens is 2. The van der Waals surface area contributed by atoms with Gasteiger partial charge in [0.25, 0.3) is 0 Å². The molecule has 2 aliphatic heterocycles. The number of piperidine rings is 1. The molecular weight excluding hydrogens is 362 g/mol. The third-order valence-electron chi connectivity index (χ3n) is 6.56. The Morgan fingerprint density at radius 3 is 2.75 bits per heavy atom. The minimum Gasteiger partial charge on any atom is -0.348 e. The standard InChI is InChI=1S/C21H24F2N4O/c22-16-3-1-2-15(18(16)23)12-26-10-7-21(8-11-26)19-17(24-13-25-19)6-9-27(21)20(28)14-4-5-14/h1-3,13-14H,4-12H2,(H,24,25). The molecule has 0 unspecified atom stereocenters. The number of H-pyrrole nitrogens is 1. The second kappa shape index (κ2) is 6.65. The number of aromatic nitrogens is 2. The van der Waals surface area contributed by atoms with E-state index in [4.69, 9.17) is 0 Å². The zero-order valence-corrected chi connectivity index (χ0v) is 15.8. The number of carbonyl (C=O) groups excluding carboxylic acids is 1. The Morgan fingerprint density at radius 1 is 1.21 bits per heavy atom. The van der Waals surface area contributed by atoms with Gasteiger partial charge in [-0.1, -0.05) is 12.1 Å². The highest BCUT2D eigenvalue weighted by Crippen LogP contribution is 2.45. The van der Waals surface area contributed by atoms with Crippen molar-refractivity contribution in [3.8, 4) is 0 Å². The first-order valence-corrected chi connectivity index (χ1v) is 10.1. The lowest BCUT2D eigenvalue weighted by Gasteiger charge is -2.50. The van der Waals surface area contributed by atoms with Gasteiger partial charge < -0.3 is 9.88 Å². The van der Waals surface area contributed by atoms with Gasteiger partial charge in [0.2, 0.25) is 5.91 Å². The van der Waals surface area contributed by atoms with Crippen LogP contribution in [0.4, 0.5) is 8.78 Å². The number of imidazole rings is 1. The smallest absolute Gasteiger partial charge is 0.226 e. The monoisotopic (exact) mass is 386 g/mol. The normalized spacial score (nSPS) is 21.7. The van der Waals surface area contributed by atoms with Crippen LogP contribution in [0.1, 0.15) is 42.6 Å². The van der Waals surface area contributed by atoms with Crippen LogP contribution >= 0.6 is 0 Å². The molecule has 3 heterocycles. The molecule has 3 aliphatic rings. The number of carbonyl (C=O) groups is 1. The maximum absolute atomic E-state index is 14.1. The van der Waals surface area contributed by atoms with Crippen molar-refractivity contribution in [2.75, 3.05) is 19.6 Å². The lowest BCUT2D eigenvalue weighted by atomic mass is 9.78. The van der Waals surface area contributed by atoms with E-state index in [0.717, 1.165) is 69.2 Å². The first-order valence-electron chi connectivity index (χ1n) is 10.1. The molecule has 2 aromatic rings. The van der Waals surface area contributed by atoms with Crippen LogP contribution in [0.25, 0.3) is 0 Å². The number of rotatable bonds is 3.